The Hall–Kier alpha value is -3.64. The van der Waals surface area contributed by atoms with Gasteiger partial charge in [0.15, 0.2) is 0 Å². The number of carbonyl (C=O) groups is 1. The molecular weight excluding hydrogens is 342 g/mol. The zero-order valence-corrected chi connectivity index (χ0v) is 14.3. The van der Waals surface area contributed by atoms with Crippen molar-refractivity contribution in [2.24, 2.45) is 0 Å². The molecule has 0 aliphatic carbocycles. The Labute approximate surface area is 155 Å². The summed E-state index contributed by atoms with van der Waals surface area (Å²) in [6.07, 6.45) is 0. The molecule has 0 saturated carbocycles. The number of hydroxylamine groups is 1. The van der Waals surface area contributed by atoms with E-state index < -0.39 is 5.91 Å². The predicted molar refractivity (Wildman–Crippen MR) is 102 cm³/mol. The van der Waals surface area contributed by atoms with Gasteiger partial charge in [-0.05, 0) is 29.8 Å². The number of aromatic amines is 1. The van der Waals surface area contributed by atoms with E-state index in [0.29, 0.717) is 23.7 Å². The molecule has 1 amide bonds. The molecule has 27 heavy (non-hydrogen) atoms. The van der Waals surface area contributed by atoms with Crippen LogP contribution in [0, 0.1) is 0 Å². The number of rotatable bonds is 5. The van der Waals surface area contributed by atoms with Crippen LogP contribution in [-0.4, -0.2) is 21.1 Å². The van der Waals surface area contributed by atoms with Crippen molar-refractivity contribution in [1.29, 1.82) is 0 Å². The maximum absolute atomic E-state index is 11.4. The Balaban J connectivity index is 1.61. The molecule has 4 aromatic rings. The number of hydrogen-bond donors (Lipinski definition) is 3. The summed E-state index contributed by atoms with van der Waals surface area (Å²) < 4.78 is 5.96. The molecule has 4 rings (SSSR count). The number of nitrogens with one attached hydrogen (secondary N) is 2. The Kier molecular flexibility index (Phi) is 4.55. The van der Waals surface area contributed by atoms with Gasteiger partial charge in [-0.15, -0.1) is 0 Å². The van der Waals surface area contributed by atoms with Crippen molar-refractivity contribution in [3.8, 4) is 17.1 Å². The zero-order valence-electron chi connectivity index (χ0n) is 14.3. The van der Waals surface area contributed by atoms with Crippen molar-refractivity contribution in [3.63, 3.8) is 0 Å². The second-order valence-corrected chi connectivity index (χ2v) is 6.03. The topological polar surface area (TPSA) is 87.2 Å². The summed E-state index contributed by atoms with van der Waals surface area (Å²) in [5.41, 5.74) is 5.52. The van der Waals surface area contributed by atoms with E-state index in [1.165, 1.54) is 0 Å². The van der Waals surface area contributed by atoms with Crippen LogP contribution < -0.4 is 10.2 Å². The van der Waals surface area contributed by atoms with Crippen LogP contribution in [0.2, 0.25) is 0 Å². The smallest absolute Gasteiger partial charge is 0.274 e. The molecule has 0 spiro atoms. The summed E-state index contributed by atoms with van der Waals surface area (Å²) >= 11 is 0. The highest BCUT2D eigenvalue weighted by Crippen LogP contribution is 2.28. The molecular formula is C21H17N3O3. The lowest BCUT2D eigenvalue weighted by atomic mass is 10.1. The quantitative estimate of drug-likeness (QED) is 0.372. The van der Waals surface area contributed by atoms with E-state index in [2.05, 4.69) is 9.97 Å². The molecule has 0 aliphatic heterocycles. The number of nitrogens with zero attached hydrogens (tertiary/aromatic N) is 1. The molecule has 134 valence electrons. The molecule has 6 heteroatoms. The van der Waals surface area contributed by atoms with E-state index >= 15 is 0 Å². The van der Waals surface area contributed by atoms with E-state index in [1.54, 1.807) is 29.7 Å². The minimum absolute atomic E-state index is 0.365. The van der Waals surface area contributed by atoms with Crippen molar-refractivity contribution in [3.05, 3.63) is 83.9 Å². The molecule has 3 aromatic carbocycles. The molecule has 0 radical (unpaired) electrons. The first-order valence-corrected chi connectivity index (χ1v) is 8.45. The summed E-state index contributed by atoms with van der Waals surface area (Å²) in [6.45, 7) is 0.465. The molecule has 1 heterocycles. The van der Waals surface area contributed by atoms with Crippen LogP contribution in [0.25, 0.3) is 22.4 Å². The first-order chi connectivity index (χ1) is 13.2. The SMILES string of the molecule is O=C(NO)c1ccc(-c2nc3c(OCc4ccccc4)cccc3[nH]2)cc1. The van der Waals surface area contributed by atoms with Crippen LogP contribution >= 0.6 is 0 Å². The van der Waals surface area contributed by atoms with Crippen LogP contribution in [0.4, 0.5) is 0 Å². The van der Waals surface area contributed by atoms with Gasteiger partial charge in [0.25, 0.3) is 5.91 Å². The fourth-order valence-corrected chi connectivity index (χ4v) is 2.84. The molecule has 0 fully saturated rings. The number of fused-ring (bicyclic) bond motifs is 1. The highest BCUT2D eigenvalue weighted by atomic mass is 16.5. The Morgan fingerprint density at radius 1 is 1.00 bits per heavy atom. The van der Waals surface area contributed by atoms with Gasteiger partial charge < -0.3 is 9.72 Å². The van der Waals surface area contributed by atoms with Gasteiger partial charge in [0, 0.05) is 11.1 Å². The van der Waals surface area contributed by atoms with Crippen molar-refractivity contribution in [1.82, 2.24) is 15.4 Å². The average molecular weight is 359 g/mol. The number of ether oxygens (including phenoxy) is 1. The molecule has 0 saturated heterocycles. The van der Waals surface area contributed by atoms with Gasteiger partial charge in [-0.3, -0.25) is 10.0 Å². The Morgan fingerprint density at radius 2 is 1.78 bits per heavy atom. The lowest BCUT2D eigenvalue weighted by Crippen LogP contribution is -2.18. The van der Waals surface area contributed by atoms with Gasteiger partial charge in [-0.25, -0.2) is 10.5 Å². The predicted octanol–water partition coefficient (Wildman–Crippen LogP) is 3.93. The number of para-hydroxylation sites is 1. The van der Waals surface area contributed by atoms with Crippen LogP contribution in [0.3, 0.4) is 0 Å². The first-order valence-electron chi connectivity index (χ1n) is 8.45. The van der Waals surface area contributed by atoms with Crippen molar-refractivity contribution in [2.75, 3.05) is 0 Å². The van der Waals surface area contributed by atoms with E-state index in [4.69, 9.17) is 9.94 Å². The highest BCUT2D eigenvalue weighted by molar-refractivity contribution is 5.94. The second-order valence-electron chi connectivity index (χ2n) is 6.03. The summed E-state index contributed by atoms with van der Waals surface area (Å²) in [7, 11) is 0. The van der Waals surface area contributed by atoms with E-state index in [1.807, 2.05) is 48.5 Å². The number of benzene rings is 3. The number of amides is 1. The minimum atomic E-state index is -0.553. The Morgan fingerprint density at radius 3 is 2.52 bits per heavy atom. The van der Waals surface area contributed by atoms with Gasteiger partial charge in [0.1, 0.15) is 23.7 Å². The fraction of sp³-hybridized carbons (Fsp3) is 0.0476. The summed E-state index contributed by atoms with van der Waals surface area (Å²) in [4.78, 5) is 19.4. The third-order valence-corrected chi connectivity index (χ3v) is 4.23. The molecule has 1 aromatic heterocycles. The van der Waals surface area contributed by atoms with Gasteiger partial charge in [-0.1, -0.05) is 48.5 Å². The summed E-state index contributed by atoms with van der Waals surface area (Å²) in [5, 5.41) is 8.70. The van der Waals surface area contributed by atoms with Gasteiger partial charge >= 0.3 is 0 Å². The molecule has 0 aliphatic rings. The monoisotopic (exact) mass is 359 g/mol. The number of aromatic nitrogens is 2. The zero-order chi connectivity index (χ0) is 18.6. The molecule has 0 bridgehead atoms. The van der Waals surface area contributed by atoms with Crippen molar-refractivity contribution < 1.29 is 14.7 Å². The number of carbonyl (C=O) groups excluding carboxylic acids is 1. The maximum atomic E-state index is 11.4. The molecule has 3 N–H and O–H groups in total. The van der Waals surface area contributed by atoms with Crippen LogP contribution in [0.15, 0.2) is 72.8 Å². The lowest BCUT2D eigenvalue weighted by molar-refractivity contribution is 0.0706. The maximum Gasteiger partial charge on any atom is 0.274 e. The summed E-state index contributed by atoms with van der Waals surface area (Å²) in [5.74, 6) is 0.828. The minimum Gasteiger partial charge on any atom is -0.487 e. The highest BCUT2D eigenvalue weighted by Gasteiger charge is 2.11. The van der Waals surface area contributed by atoms with Gasteiger partial charge in [-0.2, -0.15) is 0 Å². The fourth-order valence-electron chi connectivity index (χ4n) is 2.84. The summed E-state index contributed by atoms with van der Waals surface area (Å²) in [6, 6.07) is 22.5. The lowest BCUT2D eigenvalue weighted by Gasteiger charge is -2.06. The standard InChI is InChI=1S/C21H17N3O3/c25-21(24-26)16-11-9-15(10-12-16)20-22-17-7-4-8-18(19(17)23-20)27-13-14-5-2-1-3-6-14/h1-12,26H,13H2,(H,22,23)(H,24,25). The number of imidazole rings is 1. The number of H-pyrrole nitrogens is 1. The largest absolute Gasteiger partial charge is 0.487 e. The van der Waals surface area contributed by atoms with Crippen LogP contribution in [0.5, 0.6) is 5.75 Å². The average Bonchev–Trinajstić information content (AvgIpc) is 3.17. The number of hydrogen-bond acceptors (Lipinski definition) is 4. The first kappa shape index (κ1) is 16.8. The van der Waals surface area contributed by atoms with Gasteiger partial charge in [0.05, 0.1) is 5.52 Å². The molecule has 6 nitrogen and oxygen atoms in total. The van der Waals surface area contributed by atoms with Crippen molar-refractivity contribution >= 4 is 16.9 Å². The molecule has 0 unspecified atom stereocenters. The van der Waals surface area contributed by atoms with E-state index in [0.717, 1.165) is 22.2 Å². The van der Waals surface area contributed by atoms with Gasteiger partial charge in [0.2, 0.25) is 0 Å². The van der Waals surface area contributed by atoms with Crippen LogP contribution in [-0.2, 0) is 6.61 Å². The normalized spacial score (nSPS) is 10.7. The third-order valence-electron chi connectivity index (χ3n) is 4.23. The van der Waals surface area contributed by atoms with Crippen LogP contribution in [0.1, 0.15) is 15.9 Å². The molecule has 0 atom stereocenters. The third kappa shape index (κ3) is 3.51. The van der Waals surface area contributed by atoms with E-state index in [9.17, 15) is 4.79 Å². The second kappa shape index (κ2) is 7.31. The van der Waals surface area contributed by atoms with E-state index in [-0.39, 0.29) is 0 Å². The van der Waals surface area contributed by atoms with Crippen molar-refractivity contribution in [2.45, 2.75) is 6.61 Å². The Bertz CT molecular complexity index is 1070.